The number of nitrogens with two attached hydrogens (primary N) is 1. The van der Waals surface area contributed by atoms with Crippen LogP contribution in [0.15, 0.2) is 28.7 Å². The highest BCUT2D eigenvalue weighted by Gasteiger charge is 2.21. The number of halogens is 1. The minimum Gasteiger partial charge on any atom is -0.383 e. The maximum atomic E-state index is 6.02. The normalized spacial score (nSPS) is 13.2. The Labute approximate surface area is 125 Å². The summed E-state index contributed by atoms with van der Waals surface area (Å²) in [6.45, 7) is 7.72. The van der Waals surface area contributed by atoms with E-state index >= 15 is 0 Å². The zero-order chi connectivity index (χ0) is 14.3. The van der Waals surface area contributed by atoms with Gasteiger partial charge in [-0.15, -0.1) is 0 Å². The van der Waals surface area contributed by atoms with Gasteiger partial charge in [0.25, 0.3) is 0 Å². The first-order valence-corrected chi connectivity index (χ1v) is 7.57. The fraction of sp³-hybridized carbons (Fsp3) is 0.600. The van der Waals surface area contributed by atoms with Gasteiger partial charge in [0, 0.05) is 37.3 Å². The first-order chi connectivity index (χ1) is 9.10. The van der Waals surface area contributed by atoms with Crippen LogP contribution >= 0.6 is 15.9 Å². The van der Waals surface area contributed by atoms with E-state index in [0.29, 0.717) is 12.5 Å². The van der Waals surface area contributed by atoms with Crippen molar-refractivity contribution in [3.63, 3.8) is 0 Å². The van der Waals surface area contributed by atoms with Crippen LogP contribution in [0.4, 0.5) is 0 Å². The van der Waals surface area contributed by atoms with Crippen LogP contribution in [-0.4, -0.2) is 38.3 Å². The van der Waals surface area contributed by atoms with E-state index in [4.69, 9.17) is 10.5 Å². The molecule has 0 spiro atoms. The van der Waals surface area contributed by atoms with Gasteiger partial charge in [0.1, 0.15) is 0 Å². The van der Waals surface area contributed by atoms with Gasteiger partial charge in [-0.2, -0.15) is 0 Å². The van der Waals surface area contributed by atoms with E-state index in [1.807, 2.05) is 6.07 Å². The van der Waals surface area contributed by atoms with Gasteiger partial charge >= 0.3 is 0 Å². The molecule has 0 aliphatic rings. The molecule has 1 atom stereocenters. The highest BCUT2D eigenvalue weighted by atomic mass is 79.9. The van der Waals surface area contributed by atoms with E-state index in [-0.39, 0.29) is 6.04 Å². The molecule has 0 saturated carbocycles. The van der Waals surface area contributed by atoms with Crippen molar-refractivity contribution in [2.24, 2.45) is 11.7 Å². The first kappa shape index (κ1) is 16.6. The van der Waals surface area contributed by atoms with Gasteiger partial charge in [0.05, 0.1) is 6.61 Å². The summed E-state index contributed by atoms with van der Waals surface area (Å²) < 4.78 is 6.34. The summed E-state index contributed by atoms with van der Waals surface area (Å²) in [4.78, 5) is 2.41. The Morgan fingerprint density at radius 2 is 2.00 bits per heavy atom. The van der Waals surface area contributed by atoms with Gasteiger partial charge in [-0.25, -0.2) is 0 Å². The number of rotatable bonds is 8. The average molecular weight is 329 g/mol. The van der Waals surface area contributed by atoms with Crippen molar-refractivity contribution in [2.45, 2.75) is 19.9 Å². The molecular weight excluding hydrogens is 304 g/mol. The van der Waals surface area contributed by atoms with Crippen LogP contribution in [0.3, 0.4) is 0 Å². The molecule has 0 aliphatic carbocycles. The van der Waals surface area contributed by atoms with Crippen LogP contribution in [0.25, 0.3) is 0 Å². The molecule has 0 aliphatic heterocycles. The van der Waals surface area contributed by atoms with Gasteiger partial charge in [-0.3, -0.25) is 4.90 Å². The Balaban J connectivity index is 2.91. The van der Waals surface area contributed by atoms with Crippen molar-refractivity contribution in [1.82, 2.24) is 4.90 Å². The van der Waals surface area contributed by atoms with Gasteiger partial charge in [-0.05, 0) is 17.5 Å². The molecule has 0 aromatic heterocycles. The minimum absolute atomic E-state index is 0.230. The number of methoxy groups -OCH3 is 1. The SMILES string of the molecule is COCCN(CC(C)C)C(CN)c1ccccc1Br. The molecule has 0 heterocycles. The van der Waals surface area contributed by atoms with Crippen molar-refractivity contribution in [1.29, 1.82) is 0 Å². The largest absolute Gasteiger partial charge is 0.383 e. The maximum absolute atomic E-state index is 6.02. The van der Waals surface area contributed by atoms with Crippen molar-refractivity contribution < 1.29 is 4.74 Å². The smallest absolute Gasteiger partial charge is 0.0589 e. The number of hydrogen-bond donors (Lipinski definition) is 1. The first-order valence-electron chi connectivity index (χ1n) is 6.77. The van der Waals surface area contributed by atoms with Crippen LogP contribution in [0, 0.1) is 5.92 Å². The number of hydrogen-bond acceptors (Lipinski definition) is 3. The molecule has 0 bridgehead atoms. The predicted molar refractivity (Wildman–Crippen MR) is 84.2 cm³/mol. The second kappa shape index (κ2) is 8.69. The molecule has 1 aromatic rings. The molecule has 0 amide bonds. The Morgan fingerprint density at radius 1 is 1.32 bits per heavy atom. The summed E-state index contributed by atoms with van der Waals surface area (Å²) >= 11 is 3.63. The van der Waals surface area contributed by atoms with Crippen LogP contribution in [-0.2, 0) is 4.74 Å². The summed E-state index contributed by atoms with van der Waals surface area (Å²) in [5, 5.41) is 0. The molecule has 1 rings (SSSR count). The fourth-order valence-electron chi connectivity index (χ4n) is 2.27. The number of nitrogens with zero attached hydrogens (tertiary/aromatic N) is 1. The number of benzene rings is 1. The zero-order valence-electron chi connectivity index (χ0n) is 12.1. The summed E-state index contributed by atoms with van der Waals surface area (Å²) in [5.74, 6) is 0.605. The molecule has 0 radical (unpaired) electrons. The summed E-state index contributed by atoms with van der Waals surface area (Å²) in [5.41, 5.74) is 7.27. The van der Waals surface area contributed by atoms with E-state index in [1.165, 1.54) is 5.56 Å². The van der Waals surface area contributed by atoms with Crippen molar-refractivity contribution in [2.75, 3.05) is 33.4 Å². The van der Waals surface area contributed by atoms with E-state index in [2.05, 4.69) is 52.9 Å². The Morgan fingerprint density at radius 3 is 2.53 bits per heavy atom. The molecule has 2 N–H and O–H groups in total. The summed E-state index contributed by atoms with van der Waals surface area (Å²) in [6, 6.07) is 8.53. The Bertz CT molecular complexity index is 371. The standard InChI is InChI=1S/C15H25BrN2O/c1-12(2)11-18(8-9-19-3)15(10-17)13-6-4-5-7-14(13)16/h4-7,12,15H,8-11,17H2,1-3H3. The molecule has 4 heteroatoms. The van der Waals surface area contributed by atoms with E-state index in [9.17, 15) is 0 Å². The van der Waals surface area contributed by atoms with Gasteiger partial charge in [0.15, 0.2) is 0 Å². The summed E-state index contributed by atoms with van der Waals surface area (Å²) in [7, 11) is 1.74. The third-order valence-corrected chi connectivity index (χ3v) is 3.83. The predicted octanol–water partition coefficient (Wildman–Crippen LogP) is 3.05. The summed E-state index contributed by atoms with van der Waals surface area (Å²) in [6.07, 6.45) is 0. The van der Waals surface area contributed by atoms with Crippen LogP contribution in [0.1, 0.15) is 25.5 Å². The molecule has 0 fully saturated rings. The second-order valence-corrected chi connectivity index (χ2v) is 6.01. The average Bonchev–Trinajstić information content (AvgIpc) is 2.38. The van der Waals surface area contributed by atoms with Gasteiger partial charge in [-0.1, -0.05) is 48.0 Å². The van der Waals surface area contributed by atoms with E-state index < -0.39 is 0 Å². The molecule has 19 heavy (non-hydrogen) atoms. The molecule has 3 nitrogen and oxygen atoms in total. The maximum Gasteiger partial charge on any atom is 0.0589 e. The van der Waals surface area contributed by atoms with E-state index in [0.717, 1.165) is 24.2 Å². The lowest BCUT2D eigenvalue weighted by Crippen LogP contribution is -2.38. The van der Waals surface area contributed by atoms with Gasteiger partial charge in [0.2, 0.25) is 0 Å². The topological polar surface area (TPSA) is 38.5 Å². The zero-order valence-corrected chi connectivity index (χ0v) is 13.7. The fourth-order valence-corrected chi connectivity index (χ4v) is 2.82. The van der Waals surface area contributed by atoms with Crippen molar-refractivity contribution in [3.05, 3.63) is 34.3 Å². The molecule has 0 saturated heterocycles. The molecule has 1 aromatic carbocycles. The lowest BCUT2D eigenvalue weighted by Gasteiger charge is -2.33. The van der Waals surface area contributed by atoms with Gasteiger partial charge < -0.3 is 10.5 Å². The lowest BCUT2D eigenvalue weighted by molar-refractivity contribution is 0.111. The van der Waals surface area contributed by atoms with E-state index in [1.54, 1.807) is 7.11 Å². The van der Waals surface area contributed by atoms with Crippen LogP contribution in [0.5, 0.6) is 0 Å². The third kappa shape index (κ3) is 5.22. The van der Waals surface area contributed by atoms with Crippen LogP contribution in [0.2, 0.25) is 0 Å². The highest BCUT2D eigenvalue weighted by molar-refractivity contribution is 9.10. The van der Waals surface area contributed by atoms with Crippen molar-refractivity contribution >= 4 is 15.9 Å². The van der Waals surface area contributed by atoms with Crippen molar-refractivity contribution in [3.8, 4) is 0 Å². The lowest BCUT2D eigenvalue weighted by atomic mass is 10.0. The highest BCUT2D eigenvalue weighted by Crippen LogP contribution is 2.27. The molecule has 1 unspecified atom stereocenters. The third-order valence-electron chi connectivity index (χ3n) is 3.11. The van der Waals surface area contributed by atoms with Crippen LogP contribution < -0.4 is 5.73 Å². The Hall–Kier alpha value is -0.420. The quantitative estimate of drug-likeness (QED) is 0.797. The monoisotopic (exact) mass is 328 g/mol. The molecular formula is C15H25BrN2O. The second-order valence-electron chi connectivity index (χ2n) is 5.15. The Kier molecular flexibility index (Phi) is 7.61. The molecule has 108 valence electrons. The number of ether oxygens (including phenoxy) is 1. The minimum atomic E-state index is 0.230.